The average Bonchev–Trinajstić information content (AvgIpc) is 2.58. The van der Waals surface area contributed by atoms with E-state index < -0.39 is 41.7 Å². The van der Waals surface area contributed by atoms with Gasteiger partial charge in [-0.1, -0.05) is 12.1 Å². The second-order valence-corrected chi connectivity index (χ2v) is 5.28. The molecular formula is C17H14F4N2O3. The minimum atomic E-state index is -4.59. The van der Waals surface area contributed by atoms with Crippen LogP contribution in [-0.4, -0.2) is 18.5 Å². The number of carbonyl (C=O) groups excluding carboxylic acids is 2. The third-order valence-corrected chi connectivity index (χ3v) is 3.34. The van der Waals surface area contributed by atoms with Crippen molar-refractivity contribution >= 4 is 17.6 Å². The van der Waals surface area contributed by atoms with Gasteiger partial charge in [-0.25, -0.2) is 9.18 Å². The molecule has 0 fully saturated rings. The van der Waals surface area contributed by atoms with Crippen molar-refractivity contribution in [2.24, 2.45) is 0 Å². The van der Waals surface area contributed by atoms with Crippen LogP contribution in [0.1, 0.15) is 21.5 Å². The van der Waals surface area contributed by atoms with Crippen molar-refractivity contribution < 1.29 is 31.9 Å². The molecule has 0 aliphatic heterocycles. The molecule has 26 heavy (non-hydrogen) atoms. The van der Waals surface area contributed by atoms with Gasteiger partial charge in [0.2, 0.25) is 0 Å². The molecule has 2 aromatic carbocycles. The topological polar surface area (TPSA) is 81.4 Å². The summed E-state index contributed by atoms with van der Waals surface area (Å²) in [6, 6.07) is 7.61. The molecule has 0 saturated heterocycles. The molecule has 0 bridgehead atoms. The maximum absolute atomic E-state index is 12.8. The number of alkyl halides is 3. The van der Waals surface area contributed by atoms with Crippen molar-refractivity contribution in [2.75, 3.05) is 12.3 Å². The van der Waals surface area contributed by atoms with E-state index in [4.69, 9.17) is 10.5 Å². The number of esters is 1. The molecule has 0 radical (unpaired) electrons. The summed E-state index contributed by atoms with van der Waals surface area (Å²) >= 11 is 0. The van der Waals surface area contributed by atoms with Gasteiger partial charge in [0.25, 0.3) is 5.91 Å². The van der Waals surface area contributed by atoms with Crippen LogP contribution in [-0.2, 0) is 22.3 Å². The Morgan fingerprint density at radius 2 is 1.73 bits per heavy atom. The Bertz CT molecular complexity index is 805. The number of amides is 1. The molecule has 2 aromatic rings. The number of hydrogen-bond acceptors (Lipinski definition) is 4. The van der Waals surface area contributed by atoms with Crippen LogP contribution < -0.4 is 11.1 Å². The van der Waals surface area contributed by atoms with Crippen LogP contribution in [0.2, 0.25) is 0 Å². The first kappa shape index (κ1) is 19.2. The van der Waals surface area contributed by atoms with E-state index in [0.29, 0.717) is 17.7 Å². The van der Waals surface area contributed by atoms with Gasteiger partial charge in [-0.05, 0) is 35.9 Å². The second kappa shape index (κ2) is 7.85. The summed E-state index contributed by atoms with van der Waals surface area (Å²) in [5.41, 5.74) is 4.40. The largest absolute Gasteiger partial charge is 0.452 e. The van der Waals surface area contributed by atoms with Gasteiger partial charge in [0.05, 0.1) is 11.1 Å². The summed E-state index contributed by atoms with van der Waals surface area (Å²) in [4.78, 5) is 23.5. The number of hydrogen-bond donors (Lipinski definition) is 2. The van der Waals surface area contributed by atoms with Gasteiger partial charge in [0, 0.05) is 12.2 Å². The molecule has 0 aromatic heterocycles. The minimum Gasteiger partial charge on any atom is -0.452 e. The zero-order valence-corrected chi connectivity index (χ0v) is 13.3. The third-order valence-electron chi connectivity index (χ3n) is 3.34. The minimum absolute atomic E-state index is 0.0963. The summed E-state index contributed by atoms with van der Waals surface area (Å²) in [6.45, 7) is -0.542. The molecule has 5 nitrogen and oxygen atoms in total. The molecule has 0 unspecified atom stereocenters. The average molecular weight is 370 g/mol. The van der Waals surface area contributed by atoms with Crippen LogP contribution in [0.3, 0.4) is 0 Å². The lowest BCUT2D eigenvalue weighted by atomic mass is 10.1. The Hall–Kier alpha value is -3.10. The number of benzene rings is 2. The fourth-order valence-electron chi connectivity index (χ4n) is 1.99. The van der Waals surface area contributed by atoms with Gasteiger partial charge >= 0.3 is 12.1 Å². The van der Waals surface area contributed by atoms with Crippen molar-refractivity contribution in [3.8, 4) is 0 Å². The maximum Gasteiger partial charge on any atom is 0.416 e. The summed E-state index contributed by atoms with van der Waals surface area (Å²) in [6.07, 6.45) is -4.59. The highest BCUT2D eigenvalue weighted by Gasteiger charge is 2.31. The number of carbonyl (C=O) groups is 2. The monoisotopic (exact) mass is 370 g/mol. The van der Waals surface area contributed by atoms with Crippen molar-refractivity contribution in [3.63, 3.8) is 0 Å². The molecule has 9 heteroatoms. The fraction of sp³-hybridized carbons (Fsp3) is 0.176. The second-order valence-electron chi connectivity index (χ2n) is 5.28. The first-order valence-electron chi connectivity index (χ1n) is 7.32. The molecule has 138 valence electrons. The molecule has 0 heterocycles. The van der Waals surface area contributed by atoms with E-state index in [1.807, 2.05) is 0 Å². The first-order valence-corrected chi connectivity index (χ1v) is 7.32. The fourth-order valence-corrected chi connectivity index (χ4v) is 1.99. The number of ether oxygens (including phenoxy) is 1. The van der Waals surface area contributed by atoms with E-state index in [-0.39, 0.29) is 12.1 Å². The Morgan fingerprint density at radius 1 is 1.08 bits per heavy atom. The van der Waals surface area contributed by atoms with Crippen molar-refractivity contribution in [2.45, 2.75) is 12.7 Å². The lowest BCUT2D eigenvalue weighted by Gasteiger charge is -2.11. The van der Waals surface area contributed by atoms with Crippen LogP contribution in [0, 0.1) is 5.82 Å². The smallest absolute Gasteiger partial charge is 0.416 e. The van der Waals surface area contributed by atoms with Crippen molar-refractivity contribution in [1.29, 1.82) is 0 Å². The Labute approximate surface area is 145 Å². The van der Waals surface area contributed by atoms with E-state index in [1.165, 1.54) is 24.3 Å². The Balaban J connectivity index is 1.87. The van der Waals surface area contributed by atoms with Gasteiger partial charge < -0.3 is 15.8 Å². The zero-order chi connectivity index (χ0) is 19.3. The van der Waals surface area contributed by atoms with Gasteiger partial charge in [0.15, 0.2) is 6.61 Å². The van der Waals surface area contributed by atoms with Crippen LogP contribution in [0.4, 0.5) is 23.2 Å². The zero-order valence-electron chi connectivity index (χ0n) is 13.3. The molecule has 3 N–H and O–H groups in total. The Morgan fingerprint density at radius 3 is 2.31 bits per heavy atom. The molecule has 0 atom stereocenters. The van der Waals surface area contributed by atoms with Crippen LogP contribution in [0.15, 0.2) is 42.5 Å². The van der Waals surface area contributed by atoms with Gasteiger partial charge in [-0.15, -0.1) is 0 Å². The predicted octanol–water partition coefficient (Wildman–Crippen LogP) is 2.90. The number of nitrogens with one attached hydrogen (secondary N) is 1. The van der Waals surface area contributed by atoms with E-state index in [1.54, 1.807) is 0 Å². The highest BCUT2D eigenvalue weighted by atomic mass is 19.4. The van der Waals surface area contributed by atoms with Crippen LogP contribution >= 0.6 is 0 Å². The van der Waals surface area contributed by atoms with Crippen LogP contribution in [0.25, 0.3) is 0 Å². The molecule has 1 amide bonds. The third kappa shape index (κ3) is 5.20. The molecule has 0 saturated carbocycles. The summed E-state index contributed by atoms with van der Waals surface area (Å²) < 4.78 is 55.2. The number of halogens is 4. The molecule has 0 aliphatic carbocycles. The van der Waals surface area contributed by atoms with E-state index in [0.717, 1.165) is 6.07 Å². The van der Waals surface area contributed by atoms with E-state index in [2.05, 4.69) is 5.32 Å². The molecule has 2 rings (SSSR count). The lowest BCUT2D eigenvalue weighted by Crippen LogP contribution is -2.28. The van der Waals surface area contributed by atoms with Gasteiger partial charge in [0.1, 0.15) is 5.82 Å². The molecule has 0 spiro atoms. The number of rotatable bonds is 5. The molecular weight excluding hydrogens is 356 g/mol. The number of nitrogens with two attached hydrogens (primary N) is 1. The van der Waals surface area contributed by atoms with Crippen molar-refractivity contribution in [3.05, 3.63) is 65.0 Å². The molecule has 0 aliphatic rings. The highest BCUT2D eigenvalue weighted by molar-refractivity contribution is 5.96. The Kier molecular flexibility index (Phi) is 5.81. The van der Waals surface area contributed by atoms with E-state index in [9.17, 15) is 27.2 Å². The van der Waals surface area contributed by atoms with Crippen LogP contribution in [0.5, 0.6) is 0 Å². The lowest BCUT2D eigenvalue weighted by molar-refractivity contribution is -0.137. The normalized spacial score (nSPS) is 11.1. The number of nitrogen functional groups attached to an aromatic ring is 1. The van der Waals surface area contributed by atoms with E-state index >= 15 is 0 Å². The number of anilines is 1. The SMILES string of the molecule is Nc1cc(C(F)(F)F)ccc1C(=O)OCC(=O)NCc1ccc(F)cc1. The maximum atomic E-state index is 12.8. The summed E-state index contributed by atoms with van der Waals surface area (Å²) in [5.74, 6) is -2.07. The van der Waals surface area contributed by atoms with Gasteiger partial charge in [-0.2, -0.15) is 13.2 Å². The standard InChI is InChI=1S/C17H14F4N2O3/c18-12-4-1-10(2-5-12)8-23-15(24)9-26-16(25)13-6-3-11(7-14(13)22)17(19,20)21/h1-7H,8-9,22H2,(H,23,24). The summed E-state index contributed by atoms with van der Waals surface area (Å²) in [5, 5.41) is 2.45. The summed E-state index contributed by atoms with van der Waals surface area (Å²) in [7, 11) is 0. The first-order chi connectivity index (χ1) is 12.2. The predicted molar refractivity (Wildman–Crippen MR) is 84.4 cm³/mol. The van der Waals surface area contributed by atoms with Gasteiger partial charge in [-0.3, -0.25) is 4.79 Å². The van der Waals surface area contributed by atoms with Crippen molar-refractivity contribution in [1.82, 2.24) is 5.32 Å². The highest BCUT2D eigenvalue weighted by Crippen LogP contribution is 2.31. The quantitative estimate of drug-likeness (QED) is 0.482.